The van der Waals surface area contributed by atoms with Crippen LogP contribution in [0.3, 0.4) is 0 Å². The number of ether oxygens (including phenoxy) is 1. The highest BCUT2D eigenvalue weighted by Gasteiger charge is 2.34. The Bertz CT molecular complexity index is 1820. The van der Waals surface area contributed by atoms with E-state index >= 15 is 0 Å². The Labute approximate surface area is 282 Å². The molecule has 0 spiro atoms. The summed E-state index contributed by atoms with van der Waals surface area (Å²) < 4.78 is 6.27. The summed E-state index contributed by atoms with van der Waals surface area (Å²) >= 11 is 7.26. The van der Waals surface area contributed by atoms with Gasteiger partial charge in [0.1, 0.15) is 12.6 Å². The number of benzene rings is 4. The van der Waals surface area contributed by atoms with E-state index in [0.29, 0.717) is 15.6 Å². The standard InChI is InChI=1S/C38H33ClN2O5S/c39-35-20-19-34(47-35)36(42)41(33(37(43)44)22-26-13-5-2-6-14-26)23-27(21-25-11-3-1-4-12-25)40-38(45)46-24-32-30-17-9-7-15-28(30)29-16-8-10-18-31(29)32/h1-20,27,32-33H,21-24H2,(H,40,45)(H,43,44)/t27-,33-/m0/s1. The van der Waals surface area contributed by atoms with Gasteiger partial charge in [0.05, 0.1) is 15.3 Å². The van der Waals surface area contributed by atoms with Gasteiger partial charge < -0.3 is 20.1 Å². The number of carbonyl (C=O) groups is 3. The molecule has 1 aliphatic carbocycles. The predicted octanol–water partition coefficient (Wildman–Crippen LogP) is 7.69. The van der Waals surface area contributed by atoms with Gasteiger partial charge in [0.2, 0.25) is 0 Å². The monoisotopic (exact) mass is 664 g/mol. The molecule has 0 unspecified atom stereocenters. The van der Waals surface area contributed by atoms with Gasteiger partial charge >= 0.3 is 12.1 Å². The van der Waals surface area contributed by atoms with Crippen molar-refractivity contribution in [2.75, 3.05) is 13.2 Å². The number of carbonyl (C=O) groups excluding carboxylic acids is 2. The van der Waals surface area contributed by atoms with Gasteiger partial charge in [-0.1, -0.05) is 121 Å². The summed E-state index contributed by atoms with van der Waals surface area (Å²) in [5, 5.41) is 13.4. The number of halogens is 1. The molecular weight excluding hydrogens is 632 g/mol. The quantitative estimate of drug-likeness (QED) is 0.143. The van der Waals surface area contributed by atoms with Crippen molar-refractivity contribution < 1.29 is 24.2 Å². The normalized spacial score (nSPS) is 13.2. The van der Waals surface area contributed by atoms with Crippen LogP contribution >= 0.6 is 22.9 Å². The van der Waals surface area contributed by atoms with Crippen molar-refractivity contribution in [1.29, 1.82) is 0 Å². The highest BCUT2D eigenvalue weighted by atomic mass is 35.5. The van der Waals surface area contributed by atoms with E-state index in [1.165, 1.54) is 4.90 Å². The first-order chi connectivity index (χ1) is 22.9. The minimum absolute atomic E-state index is 0.0722. The predicted molar refractivity (Wildman–Crippen MR) is 184 cm³/mol. The highest BCUT2D eigenvalue weighted by Crippen LogP contribution is 2.44. The molecule has 0 aliphatic heterocycles. The maximum atomic E-state index is 14.0. The maximum absolute atomic E-state index is 14.0. The summed E-state index contributed by atoms with van der Waals surface area (Å²) in [6.07, 6.45) is -0.212. The van der Waals surface area contributed by atoms with E-state index in [-0.39, 0.29) is 25.5 Å². The molecule has 0 radical (unpaired) electrons. The second kappa shape index (κ2) is 14.7. The van der Waals surface area contributed by atoms with E-state index in [4.69, 9.17) is 16.3 Å². The molecule has 1 heterocycles. The third-order valence-electron chi connectivity index (χ3n) is 8.39. The Hall–Kier alpha value is -4.92. The molecule has 4 aromatic carbocycles. The van der Waals surface area contributed by atoms with E-state index in [1.54, 1.807) is 12.1 Å². The van der Waals surface area contributed by atoms with Gasteiger partial charge in [0.25, 0.3) is 5.91 Å². The highest BCUT2D eigenvalue weighted by molar-refractivity contribution is 7.18. The fraction of sp³-hybridized carbons (Fsp3) is 0.184. The van der Waals surface area contributed by atoms with Crippen molar-refractivity contribution >= 4 is 40.9 Å². The SMILES string of the molecule is O=C(N[C@@H](Cc1ccccc1)CN(C(=O)c1ccc(Cl)s1)[C@@H](Cc1ccccc1)C(=O)O)OCC1c2ccccc2-c2ccccc21. The summed E-state index contributed by atoms with van der Waals surface area (Å²) in [4.78, 5) is 41.9. The molecule has 5 aromatic rings. The Kier molecular flexibility index (Phi) is 10.00. The molecule has 2 amide bonds. The van der Waals surface area contributed by atoms with E-state index in [1.807, 2.05) is 84.9 Å². The zero-order valence-electron chi connectivity index (χ0n) is 25.4. The van der Waals surface area contributed by atoms with Crippen LogP contribution in [0.15, 0.2) is 121 Å². The van der Waals surface area contributed by atoms with Crippen LogP contribution in [0.4, 0.5) is 4.79 Å². The molecule has 0 fully saturated rings. The van der Waals surface area contributed by atoms with Crippen molar-refractivity contribution in [2.45, 2.75) is 30.8 Å². The van der Waals surface area contributed by atoms with E-state index in [0.717, 1.165) is 44.7 Å². The van der Waals surface area contributed by atoms with Crippen molar-refractivity contribution in [2.24, 2.45) is 0 Å². The number of hydrogen-bond acceptors (Lipinski definition) is 5. The third kappa shape index (κ3) is 7.56. The van der Waals surface area contributed by atoms with Crippen molar-refractivity contribution in [1.82, 2.24) is 10.2 Å². The zero-order valence-corrected chi connectivity index (χ0v) is 27.0. The zero-order chi connectivity index (χ0) is 32.8. The number of thiophene rings is 1. The average Bonchev–Trinajstić information content (AvgIpc) is 3.67. The fourth-order valence-electron chi connectivity index (χ4n) is 6.19. The summed E-state index contributed by atoms with van der Waals surface area (Å²) in [6, 6.07) is 36.3. The van der Waals surface area contributed by atoms with Crippen molar-refractivity contribution in [3.8, 4) is 11.1 Å². The second-order valence-electron chi connectivity index (χ2n) is 11.5. The van der Waals surface area contributed by atoms with Crippen molar-refractivity contribution in [3.63, 3.8) is 0 Å². The lowest BCUT2D eigenvalue weighted by Crippen LogP contribution is -2.53. The molecule has 6 rings (SSSR count). The van der Waals surface area contributed by atoms with E-state index < -0.39 is 30.1 Å². The topological polar surface area (TPSA) is 95.9 Å². The van der Waals surface area contributed by atoms with Crippen molar-refractivity contribution in [3.05, 3.63) is 153 Å². The first-order valence-corrected chi connectivity index (χ1v) is 16.6. The molecule has 47 heavy (non-hydrogen) atoms. The van der Waals surface area contributed by atoms with Gasteiger partial charge in [-0.2, -0.15) is 0 Å². The first kappa shape index (κ1) is 32.0. The minimum atomic E-state index is -1.20. The molecule has 9 heteroatoms. The van der Waals surface area contributed by atoms with Crippen LogP contribution in [0, 0.1) is 0 Å². The molecule has 2 N–H and O–H groups in total. The maximum Gasteiger partial charge on any atom is 0.407 e. The molecule has 238 valence electrons. The molecule has 0 bridgehead atoms. The summed E-state index contributed by atoms with van der Waals surface area (Å²) in [7, 11) is 0. The number of nitrogens with zero attached hydrogens (tertiary/aromatic N) is 1. The number of nitrogens with one attached hydrogen (secondary N) is 1. The number of carboxylic acids is 1. The van der Waals surface area contributed by atoms with Crippen LogP contribution in [0.2, 0.25) is 4.34 Å². The minimum Gasteiger partial charge on any atom is -0.480 e. The number of hydrogen-bond donors (Lipinski definition) is 2. The van der Waals surface area contributed by atoms with Gasteiger partial charge in [-0.3, -0.25) is 4.79 Å². The lowest BCUT2D eigenvalue weighted by molar-refractivity contribution is -0.142. The molecule has 1 aliphatic rings. The summed E-state index contributed by atoms with van der Waals surface area (Å²) in [5.74, 6) is -1.74. The number of alkyl carbamates (subject to hydrolysis) is 1. The van der Waals surface area contributed by atoms with Crippen LogP contribution in [0.5, 0.6) is 0 Å². The first-order valence-electron chi connectivity index (χ1n) is 15.4. The van der Waals surface area contributed by atoms with Crippen LogP contribution in [-0.2, 0) is 22.4 Å². The molecule has 1 aromatic heterocycles. The average molecular weight is 665 g/mol. The Balaban J connectivity index is 1.25. The lowest BCUT2D eigenvalue weighted by atomic mass is 9.98. The van der Waals surface area contributed by atoms with Gasteiger partial charge in [-0.25, -0.2) is 9.59 Å². The Morgan fingerprint density at radius 2 is 1.32 bits per heavy atom. The number of carboxylic acid groups (broad SMARTS) is 1. The summed E-state index contributed by atoms with van der Waals surface area (Å²) in [5.41, 5.74) is 6.13. The van der Waals surface area contributed by atoms with E-state index in [2.05, 4.69) is 29.6 Å². The van der Waals surface area contributed by atoms with Gasteiger partial charge in [-0.15, -0.1) is 11.3 Å². The smallest absolute Gasteiger partial charge is 0.407 e. The van der Waals surface area contributed by atoms with Gasteiger partial charge in [0, 0.05) is 18.9 Å². The third-order valence-corrected chi connectivity index (χ3v) is 9.60. The number of aliphatic carboxylic acids is 1. The number of amides is 2. The van der Waals surface area contributed by atoms with Gasteiger partial charge in [0.15, 0.2) is 0 Å². The Morgan fingerprint density at radius 1 is 0.766 bits per heavy atom. The summed E-state index contributed by atoms with van der Waals surface area (Å²) in [6.45, 7) is 0.0528. The Morgan fingerprint density at radius 3 is 1.87 bits per heavy atom. The molecule has 7 nitrogen and oxygen atoms in total. The van der Waals surface area contributed by atoms with Crippen LogP contribution in [0.1, 0.15) is 37.8 Å². The van der Waals surface area contributed by atoms with Crippen LogP contribution in [0.25, 0.3) is 11.1 Å². The fourth-order valence-corrected chi connectivity index (χ4v) is 7.19. The molecule has 2 atom stereocenters. The van der Waals surface area contributed by atoms with E-state index in [9.17, 15) is 19.5 Å². The lowest BCUT2D eigenvalue weighted by Gasteiger charge is -2.32. The second-order valence-corrected chi connectivity index (χ2v) is 13.2. The van der Waals surface area contributed by atoms with Crippen LogP contribution < -0.4 is 5.32 Å². The molecular formula is C38H33ClN2O5S. The molecule has 0 saturated carbocycles. The van der Waals surface area contributed by atoms with Gasteiger partial charge in [-0.05, 0) is 51.9 Å². The molecule has 0 saturated heterocycles. The number of rotatable bonds is 12. The number of fused-ring (bicyclic) bond motifs is 3. The largest absolute Gasteiger partial charge is 0.480 e. The van der Waals surface area contributed by atoms with Crippen LogP contribution in [-0.4, -0.2) is 53.2 Å².